The maximum Gasteiger partial charge on any atom is 0.254 e. The van der Waals surface area contributed by atoms with Gasteiger partial charge in [0.15, 0.2) is 5.75 Å². The second kappa shape index (κ2) is 9.58. The van der Waals surface area contributed by atoms with Crippen molar-refractivity contribution in [2.75, 3.05) is 26.7 Å². The number of carbonyl (C=O) groups is 1. The van der Waals surface area contributed by atoms with Crippen LogP contribution >= 0.6 is 0 Å². The summed E-state index contributed by atoms with van der Waals surface area (Å²) < 4.78 is 11.8. The van der Waals surface area contributed by atoms with E-state index in [1.807, 2.05) is 60.4 Å². The summed E-state index contributed by atoms with van der Waals surface area (Å²) in [6, 6.07) is 19.9. The molecule has 0 saturated carbocycles. The Bertz CT molecular complexity index is 1360. The van der Waals surface area contributed by atoms with Gasteiger partial charge in [0.1, 0.15) is 23.0 Å². The van der Waals surface area contributed by atoms with Crippen LogP contribution in [-0.2, 0) is 5.41 Å². The van der Waals surface area contributed by atoms with E-state index >= 15 is 0 Å². The summed E-state index contributed by atoms with van der Waals surface area (Å²) in [5.74, 6) is 3.14. The number of ether oxygens (including phenoxy) is 2. The molecule has 1 unspecified atom stereocenters. The Hall–Kier alpha value is -3.80. The number of amides is 1. The molecule has 2 aliphatic rings. The topological polar surface area (TPSA) is 54.4 Å². The van der Waals surface area contributed by atoms with Gasteiger partial charge in [0, 0.05) is 31.2 Å². The van der Waals surface area contributed by atoms with Crippen molar-refractivity contribution in [3.63, 3.8) is 0 Å². The fourth-order valence-corrected chi connectivity index (χ4v) is 4.96. The molecule has 1 saturated heterocycles. The van der Waals surface area contributed by atoms with Crippen LogP contribution in [0.25, 0.3) is 0 Å². The molecule has 0 aliphatic carbocycles. The van der Waals surface area contributed by atoms with Gasteiger partial charge >= 0.3 is 0 Å². The Balaban J connectivity index is 1.42. The zero-order valence-electron chi connectivity index (χ0n) is 22.5. The maximum absolute atomic E-state index is 13.4. The fraction of sp³-hybridized carbons (Fsp3) is 0.355. The number of aliphatic imine (C=N–C) groups is 1. The predicted octanol–water partition coefficient (Wildman–Crippen LogP) is 6.33. The molecule has 2 aliphatic heterocycles. The average Bonchev–Trinajstić information content (AvgIpc) is 3.03. The number of rotatable bonds is 2. The molecule has 1 fully saturated rings. The molecular weight excluding hydrogens is 462 g/mol. The quantitative estimate of drug-likeness (QED) is 0.415. The molecule has 0 spiro atoms. The number of methoxy groups -OCH3 is 1. The van der Waals surface area contributed by atoms with E-state index in [1.165, 1.54) is 5.56 Å². The second-order valence-corrected chi connectivity index (χ2v) is 11.0. The van der Waals surface area contributed by atoms with Gasteiger partial charge in [-0.05, 0) is 72.9 Å². The predicted molar refractivity (Wildman–Crippen MR) is 148 cm³/mol. The standard InChI is InChI=1S/C31H35N3O3/c1-20-7-13-26-28(17-20)37-27-14-12-24(36-6)18-25(27)29(32-26)33-15-16-34(21(2)19-33)30(35)22-8-10-23(11-9-22)31(3,4)5/h7-14,17-18,21H,15-16,19H2,1-6H3. The number of piperazine rings is 1. The van der Waals surface area contributed by atoms with Crippen molar-refractivity contribution in [1.29, 1.82) is 0 Å². The third kappa shape index (κ3) is 4.93. The molecule has 0 radical (unpaired) electrons. The first-order chi connectivity index (χ1) is 17.6. The monoisotopic (exact) mass is 497 g/mol. The minimum atomic E-state index is 0.0157. The van der Waals surface area contributed by atoms with E-state index in [9.17, 15) is 4.79 Å². The zero-order valence-corrected chi connectivity index (χ0v) is 22.5. The Morgan fingerprint density at radius 3 is 2.43 bits per heavy atom. The number of hydrogen-bond acceptors (Lipinski definition) is 5. The van der Waals surface area contributed by atoms with Crippen LogP contribution in [-0.4, -0.2) is 54.3 Å². The molecule has 192 valence electrons. The Kier molecular flexibility index (Phi) is 6.44. The van der Waals surface area contributed by atoms with E-state index in [0.717, 1.165) is 45.5 Å². The Labute approximate surface area is 219 Å². The van der Waals surface area contributed by atoms with E-state index in [1.54, 1.807) is 7.11 Å². The molecule has 0 N–H and O–H groups in total. The molecule has 6 nitrogen and oxygen atoms in total. The number of aryl methyl sites for hydroxylation is 1. The van der Waals surface area contributed by atoms with Crippen LogP contribution in [0.2, 0.25) is 0 Å². The summed E-state index contributed by atoms with van der Waals surface area (Å²) in [5.41, 5.74) is 4.80. The van der Waals surface area contributed by atoms with Crippen LogP contribution in [0.4, 0.5) is 5.69 Å². The highest BCUT2D eigenvalue weighted by atomic mass is 16.5. The van der Waals surface area contributed by atoms with Crippen LogP contribution in [0, 0.1) is 6.92 Å². The molecule has 6 heteroatoms. The molecule has 0 bridgehead atoms. The summed E-state index contributed by atoms with van der Waals surface area (Å²) in [7, 11) is 1.66. The highest BCUT2D eigenvalue weighted by molar-refractivity contribution is 6.04. The van der Waals surface area contributed by atoms with Gasteiger partial charge in [-0.25, -0.2) is 4.99 Å². The van der Waals surface area contributed by atoms with Crippen molar-refractivity contribution in [2.45, 2.75) is 46.1 Å². The van der Waals surface area contributed by atoms with Crippen LogP contribution < -0.4 is 9.47 Å². The number of benzene rings is 3. The summed E-state index contributed by atoms with van der Waals surface area (Å²) in [6.07, 6.45) is 0. The summed E-state index contributed by atoms with van der Waals surface area (Å²) in [5, 5.41) is 0. The van der Waals surface area contributed by atoms with Crippen LogP contribution in [0.3, 0.4) is 0 Å². The van der Waals surface area contributed by atoms with Crippen LogP contribution in [0.5, 0.6) is 17.2 Å². The van der Waals surface area contributed by atoms with Gasteiger partial charge in [-0.15, -0.1) is 0 Å². The Morgan fingerprint density at radius 1 is 1.00 bits per heavy atom. The van der Waals surface area contributed by atoms with Crippen molar-refractivity contribution < 1.29 is 14.3 Å². The van der Waals surface area contributed by atoms with E-state index in [-0.39, 0.29) is 17.4 Å². The average molecular weight is 498 g/mol. The van der Waals surface area contributed by atoms with E-state index in [4.69, 9.17) is 14.5 Å². The lowest BCUT2D eigenvalue weighted by atomic mass is 9.86. The van der Waals surface area contributed by atoms with E-state index in [2.05, 4.69) is 44.7 Å². The normalized spacial score (nSPS) is 17.2. The molecular formula is C31H35N3O3. The van der Waals surface area contributed by atoms with E-state index < -0.39 is 0 Å². The highest BCUT2D eigenvalue weighted by Crippen LogP contribution is 2.40. The van der Waals surface area contributed by atoms with Gasteiger partial charge in [0.05, 0.1) is 12.7 Å². The molecule has 3 aromatic rings. The number of nitrogens with zero attached hydrogens (tertiary/aromatic N) is 3. The van der Waals surface area contributed by atoms with Gasteiger partial charge in [-0.1, -0.05) is 39.0 Å². The number of amidine groups is 1. The van der Waals surface area contributed by atoms with Crippen LogP contribution in [0.1, 0.15) is 54.7 Å². The molecule has 3 aromatic carbocycles. The fourth-order valence-electron chi connectivity index (χ4n) is 4.96. The molecule has 1 amide bonds. The minimum Gasteiger partial charge on any atom is -0.497 e. The van der Waals surface area contributed by atoms with Gasteiger partial charge in [0.2, 0.25) is 0 Å². The lowest BCUT2D eigenvalue weighted by molar-refractivity contribution is 0.0581. The van der Waals surface area contributed by atoms with Crippen molar-refractivity contribution in [1.82, 2.24) is 9.80 Å². The van der Waals surface area contributed by atoms with Crippen LogP contribution in [0.15, 0.2) is 65.7 Å². The van der Waals surface area contributed by atoms with Gasteiger partial charge in [0.25, 0.3) is 5.91 Å². The largest absolute Gasteiger partial charge is 0.497 e. The smallest absolute Gasteiger partial charge is 0.254 e. The molecule has 5 rings (SSSR count). The summed E-state index contributed by atoms with van der Waals surface area (Å²) in [4.78, 5) is 22.7. The van der Waals surface area contributed by atoms with Gasteiger partial charge < -0.3 is 19.3 Å². The lowest BCUT2D eigenvalue weighted by Gasteiger charge is -2.41. The first-order valence-electron chi connectivity index (χ1n) is 12.9. The first-order valence-corrected chi connectivity index (χ1v) is 12.9. The number of carbonyl (C=O) groups excluding carboxylic acids is 1. The lowest BCUT2D eigenvalue weighted by Crippen LogP contribution is -2.55. The molecule has 0 aromatic heterocycles. The van der Waals surface area contributed by atoms with Crippen molar-refractivity contribution in [3.8, 4) is 17.2 Å². The zero-order chi connectivity index (χ0) is 26.3. The SMILES string of the molecule is COc1ccc2c(c1)C(N1CCN(C(=O)c3ccc(C(C)(C)C)cc3)C(C)C1)=Nc1ccc(C)cc1O2. The maximum atomic E-state index is 13.4. The van der Waals surface area contributed by atoms with Crippen molar-refractivity contribution in [3.05, 3.63) is 82.9 Å². The minimum absolute atomic E-state index is 0.0157. The Morgan fingerprint density at radius 2 is 1.76 bits per heavy atom. The van der Waals surface area contributed by atoms with Crippen molar-refractivity contribution in [2.24, 2.45) is 4.99 Å². The highest BCUT2D eigenvalue weighted by Gasteiger charge is 2.32. The number of fused-ring (bicyclic) bond motifs is 2. The number of hydrogen-bond donors (Lipinski definition) is 0. The van der Waals surface area contributed by atoms with Gasteiger partial charge in [-0.2, -0.15) is 0 Å². The summed E-state index contributed by atoms with van der Waals surface area (Å²) >= 11 is 0. The third-order valence-electron chi connectivity index (χ3n) is 7.17. The van der Waals surface area contributed by atoms with E-state index in [0.29, 0.717) is 19.6 Å². The molecule has 2 heterocycles. The van der Waals surface area contributed by atoms with Crippen molar-refractivity contribution >= 4 is 17.4 Å². The third-order valence-corrected chi connectivity index (χ3v) is 7.17. The second-order valence-electron chi connectivity index (χ2n) is 11.0. The molecule has 37 heavy (non-hydrogen) atoms. The van der Waals surface area contributed by atoms with Gasteiger partial charge in [-0.3, -0.25) is 4.79 Å². The first kappa shape index (κ1) is 24.9. The summed E-state index contributed by atoms with van der Waals surface area (Å²) in [6.45, 7) is 12.6. The molecule has 1 atom stereocenters.